The third-order valence-electron chi connectivity index (χ3n) is 1.75. The Kier molecular flexibility index (Phi) is 2.67. The molecule has 12 heavy (non-hydrogen) atoms. The summed E-state index contributed by atoms with van der Waals surface area (Å²) in [6, 6.07) is 0. The summed E-state index contributed by atoms with van der Waals surface area (Å²) in [6.45, 7) is 0. The number of aliphatic hydroxyl groups is 4. The van der Waals surface area contributed by atoms with Gasteiger partial charge in [0.1, 0.15) is 24.4 Å². The van der Waals surface area contributed by atoms with E-state index in [9.17, 15) is 0 Å². The Morgan fingerprint density at radius 2 is 1.58 bits per heavy atom. The summed E-state index contributed by atoms with van der Waals surface area (Å²) in [7, 11) is 0. The Balaban J connectivity index is 2.72. The monoisotopic (exact) mass is 174 g/mol. The van der Waals surface area contributed by atoms with Gasteiger partial charge in [-0.2, -0.15) is 0 Å². The van der Waals surface area contributed by atoms with Crippen molar-refractivity contribution in [2.45, 2.75) is 30.7 Å². The van der Waals surface area contributed by atoms with Gasteiger partial charge in [0.15, 0.2) is 6.29 Å². The van der Waals surface area contributed by atoms with Gasteiger partial charge in [-0.3, -0.25) is 0 Å². The number of terminal acetylenes is 1. The zero-order valence-electron chi connectivity index (χ0n) is 6.16. The van der Waals surface area contributed by atoms with Crippen LogP contribution in [0.25, 0.3) is 0 Å². The van der Waals surface area contributed by atoms with Gasteiger partial charge in [0, 0.05) is 0 Å². The average molecular weight is 174 g/mol. The van der Waals surface area contributed by atoms with Crippen molar-refractivity contribution < 1.29 is 25.2 Å². The van der Waals surface area contributed by atoms with E-state index in [0.29, 0.717) is 0 Å². The lowest BCUT2D eigenvalue weighted by Gasteiger charge is -2.35. The van der Waals surface area contributed by atoms with E-state index in [1.807, 2.05) is 5.92 Å². The molecule has 0 saturated carbocycles. The molecule has 0 aromatic carbocycles. The molecule has 1 fully saturated rings. The van der Waals surface area contributed by atoms with Crippen LogP contribution >= 0.6 is 0 Å². The largest absolute Gasteiger partial charge is 0.387 e. The summed E-state index contributed by atoms with van der Waals surface area (Å²) in [5.41, 5.74) is 0. The fraction of sp³-hybridized carbons (Fsp3) is 0.714. The summed E-state index contributed by atoms with van der Waals surface area (Å²) < 4.78 is 4.59. The van der Waals surface area contributed by atoms with Crippen molar-refractivity contribution in [1.29, 1.82) is 0 Å². The maximum Gasteiger partial charge on any atom is 0.185 e. The standard InChI is InChI=1S/C7H10O5/c1-2-3-4(8)5(9)6(10)7(11)12-3/h1,3-11H/t3-,4+,5?,6?,7?/m0/s1. The maximum absolute atomic E-state index is 9.14. The van der Waals surface area contributed by atoms with Crippen molar-refractivity contribution in [1.82, 2.24) is 0 Å². The first-order valence-electron chi connectivity index (χ1n) is 3.41. The minimum Gasteiger partial charge on any atom is -0.387 e. The highest BCUT2D eigenvalue weighted by molar-refractivity contribution is 5.04. The molecule has 68 valence electrons. The van der Waals surface area contributed by atoms with Gasteiger partial charge in [-0.05, 0) is 0 Å². The van der Waals surface area contributed by atoms with E-state index in [1.165, 1.54) is 0 Å². The number of ether oxygens (including phenoxy) is 1. The molecule has 0 amide bonds. The van der Waals surface area contributed by atoms with E-state index in [-0.39, 0.29) is 0 Å². The van der Waals surface area contributed by atoms with E-state index in [0.717, 1.165) is 0 Å². The first-order valence-corrected chi connectivity index (χ1v) is 3.41. The fourth-order valence-electron chi connectivity index (χ4n) is 0.999. The van der Waals surface area contributed by atoms with Crippen LogP contribution in [0.4, 0.5) is 0 Å². The normalized spacial score (nSPS) is 48.4. The molecule has 1 aliphatic heterocycles. The van der Waals surface area contributed by atoms with Crippen molar-refractivity contribution in [2.24, 2.45) is 0 Å². The molecule has 0 bridgehead atoms. The van der Waals surface area contributed by atoms with Crippen molar-refractivity contribution >= 4 is 0 Å². The third-order valence-corrected chi connectivity index (χ3v) is 1.75. The van der Waals surface area contributed by atoms with Gasteiger partial charge in [-0.25, -0.2) is 0 Å². The van der Waals surface area contributed by atoms with Crippen LogP contribution in [0, 0.1) is 12.3 Å². The van der Waals surface area contributed by atoms with Crippen LogP contribution in [-0.2, 0) is 4.74 Å². The predicted octanol–water partition coefficient (Wildman–Crippen LogP) is -2.58. The second-order valence-corrected chi connectivity index (χ2v) is 2.59. The van der Waals surface area contributed by atoms with Gasteiger partial charge in [0.25, 0.3) is 0 Å². The first-order chi connectivity index (χ1) is 5.57. The number of rotatable bonds is 0. The molecule has 0 radical (unpaired) electrons. The van der Waals surface area contributed by atoms with Crippen molar-refractivity contribution in [3.05, 3.63) is 0 Å². The fourth-order valence-corrected chi connectivity index (χ4v) is 0.999. The molecular weight excluding hydrogens is 164 g/mol. The Hall–Kier alpha value is -0.640. The topological polar surface area (TPSA) is 90.2 Å². The number of hydrogen-bond donors (Lipinski definition) is 4. The Morgan fingerprint density at radius 3 is 2.08 bits per heavy atom. The van der Waals surface area contributed by atoms with Crippen LogP contribution in [0.3, 0.4) is 0 Å². The van der Waals surface area contributed by atoms with Crippen molar-refractivity contribution in [2.75, 3.05) is 0 Å². The minimum absolute atomic E-state index is 1.08. The second-order valence-electron chi connectivity index (χ2n) is 2.59. The maximum atomic E-state index is 9.14. The molecule has 1 aliphatic rings. The van der Waals surface area contributed by atoms with E-state index >= 15 is 0 Å². The molecule has 5 heteroatoms. The molecule has 0 aliphatic carbocycles. The number of hydrogen-bond acceptors (Lipinski definition) is 5. The Bertz CT molecular complexity index is 198. The summed E-state index contributed by atoms with van der Waals surface area (Å²) in [5, 5.41) is 36.1. The highest BCUT2D eigenvalue weighted by Gasteiger charge is 2.42. The van der Waals surface area contributed by atoms with Crippen LogP contribution in [0.1, 0.15) is 0 Å². The van der Waals surface area contributed by atoms with Crippen LogP contribution in [0.15, 0.2) is 0 Å². The van der Waals surface area contributed by atoms with E-state index in [1.54, 1.807) is 0 Å². The molecule has 0 aromatic rings. The summed E-state index contributed by atoms with van der Waals surface area (Å²) in [6.07, 6.45) is -2.08. The zero-order chi connectivity index (χ0) is 9.30. The van der Waals surface area contributed by atoms with Crippen LogP contribution in [0.5, 0.6) is 0 Å². The van der Waals surface area contributed by atoms with Gasteiger partial charge >= 0.3 is 0 Å². The molecule has 5 atom stereocenters. The Morgan fingerprint density at radius 1 is 1.00 bits per heavy atom. The van der Waals surface area contributed by atoms with Crippen LogP contribution < -0.4 is 0 Å². The second kappa shape index (κ2) is 3.39. The molecule has 1 heterocycles. The third kappa shape index (κ3) is 1.43. The van der Waals surface area contributed by atoms with E-state index < -0.39 is 30.7 Å². The van der Waals surface area contributed by atoms with Crippen molar-refractivity contribution in [3.8, 4) is 12.3 Å². The van der Waals surface area contributed by atoms with Crippen LogP contribution in [0.2, 0.25) is 0 Å². The SMILES string of the molecule is C#C[C@@H]1OC(O)C(O)C(O)[C@@H]1O. The summed E-state index contributed by atoms with van der Waals surface area (Å²) in [5.74, 6) is 2.03. The van der Waals surface area contributed by atoms with E-state index in [2.05, 4.69) is 4.74 Å². The lowest BCUT2D eigenvalue weighted by molar-refractivity contribution is -0.269. The molecule has 3 unspecified atom stereocenters. The molecule has 0 spiro atoms. The zero-order valence-corrected chi connectivity index (χ0v) is 6.16. The molecule has 4 N–H and O–H groups in total. The minimum atomic E-state index is -1.55. The molecular formula is C7H10O5. The molecule has 1 rings (SSSR count). The average Bonchev–Trinajstić information content (AvgIpc) is 2.08. The smallest absolute Gasteiger partial charge is 0.185 e. The van der Waals surface area contributed by atoms with Gasteiger partial charge in [0.05, 0.1) is 0 Å². The lowest BCUT2D eigenvalue weighted by Crippen LogP contribution is -2.56. The van der Waals surface area contributed by atoms with Gasteiger partial charge in [-0.1, -0.05) is 5.92 Å². The predicted molar refractivity (Wildman–Crippen MR) is 37.7 cm³/mol. The van der Waals surface area contributed by atoms with Gasteiger partial charge in [-0.15, -0.1) is 6.42 Å². The first kappa shape index (κ1) is 9.45. The van der Waals surface area contributed by atoms with Crippen molar-refractivity contribution in [3.63, 3.8) is 0 Å². The summed E-state index contributed by atoms with van der Waals surface area (Å²) in [4.78, 5) is 0. The highest BCUT2D eigenvalue weighted by Crippen LogP contribution is 2.18. The Labute approximate surface area is 69.2 Å². The molecule has 1 saturated heterocycles. The number of aliphatic hydroxyl groups excluding tert-OH is 4. The highest BCUT2D eigenvalue weighted by atomic mass is 16.6. The molecule has 0 aromatic heterocycles. The van der Waals surface area contributed by atoms with Gasteiger partial charge in [0.2, 0.25) is 0 Å². The summed E-state index contributed by atoms with van der Waals surface area (Å²) >= 11 is 0. The van der Waals surface area contributed by atoms with Gasteiger partial charge < -0.3 is 25.2 Å². The van der Waals surface area contributed by atoms with Crippen LogP contribution in [-0.4, -0.2) is 51.1 Å². The quantitative estimate of drug-likeness (QED) is 0.303. The molecule has 5 nitrogen and oxygen atoms in total. The lowest BCUT2D eigenvalue weighted by atomic mass is 10.00. The van der Waals surface area contributed by atoms with E-state index in [4.69, 9.17) is 26.8 Å².